The zero-order valence-corrected chi connectivity index (χ0v) is 10.3. The third-order valence-electron chi connectivity index (χ3n) is 1.33. The van der Waals surface area contributed by atoms with Crippen LogP contribution in [0, 0.1) is 0 Å². The van der Waals surface area contributed by atoms with Crippen LogP contribution in [0.25, 0.3) is 0 Å². The second-order valence-corrected chi connectivity index (χ2v) is 4.16. The van der Waals surface area contributed by atoms with Crippen molar-refractivity contribution < 1.29 is 29.5 Å². The molecule has 0 unspecified atom stereocenters. The summed E-state index contributed by atoms with van der Waals surface area (Å²) in [5.41, 5.74) is 0. The number of hydrogen-bond donors (Lipinski definition) is 2. The van der Waals surface area contributed by atoms with Crippen molar-refractivity contribution in [2.45, 2.75) is 0 Å². The SMILES string of the molecule is [O]=[Cr](=[O])([OH])[OH].c1ccccc1.c1ccccc1. The Hall–Kier alpha value is -1.51. The molecule has 0 atom stereocenters. The van der Waals surface area contributed by atoms with Crippen LogP contribution in [0.1, 0.15) is 0 Å². The first-order valence-corrected chi connectivity index (χ1v) is 6.88. The van der Waals surface area contributed by atoms with Crippen LogP contribution >= 0.6 is 0 Å². The number of hydrogen-bond acceptors (Lipinski definition) is 2. The first-order chi connectivity index (χ1) is 8.00. The smallest absolute Gasteiger partial charge is 0.0623 e. The molecule has 0 aromatic heterocycles. The molecule has 2 aromatic rings. The third kappa shape index (κ3) is 20.5. The van der Waals surface area contributed by atoms with Crippen molar-refractivity contribution in [2.24, 2.45) is 0 Å². The van der Waals surface area contributed by atoms with E-state index in [1.807, 2.05) is 72.8 Å². The summed E-state index contributed by atoms with van der Waals surface area (Å²) in [4.78, 5) is 0. The van der Waals surface area contributed by atoms with E-state index in [2.05, 4.69) is 0 Å². The van der Waals surface area contributed by atoms with E-state index >= 15 is 0 Å². The van der Waals surface area contributed by atoms with E-state index < -0.39 is 13.6 Å². The van der Waals surface area contributed by atoms with Crippen LogP contribution in [-0.4, -0.2) is 8.32 Å². The minimum Gasteiger partial charge on any atom is -0.0623 e. The molecule has 0 heterocycles. The molecule has 5 heteroatoms. The van der Waals surface area contributed by atoms with Gasteiger partial charge in [0.15, 0.2) is 0 Å². The Bertz CT molecular complexity index is 361. The zero-order valence-electron chi connectivity index (χ0n) is 9.05. The second-order valence-electron chi connectivity index (χ2n) is 2.76. The molecule has 0 aliphatic rings. The van der Waals surface area contributed by atoms with Gasteiger partial charge in [-0.2, -0.15) is 0 Å². The molecule has 0 aliphatic carbocycles. The fourth-order valence-corrected chi connectivity index (χ4v) is 0.770. The van der Waals surface area contributed by atoms with Crippen molar-refractivity contribution in [1.82, 2.24) is 0 Å². The fourth-order valence-electron chi connectivity index (χ4n) is 0.770. The summed E-state index contributed by atoms with van der Waals surface area (Å²) in [5, 5.41) is 0. The number of rotatable bonds is 0. The minimum atomic E-state index is -5.25. The maximum atomic E-state index is 8.82. The van der Waals surface area contributed by atoms with Gasteiger partial charge in [-0.15, -0.1) is 0 Å². The van der Waals surface area contributed by atoms with E-state index in [4.69, 9.17) is 15.9 Å². The van der Waals surface area contributed by atoms with E-state index in [9.17, 15) is 0 Å². The molecule has 0 saturated heterocycles. The fraction of sp³-hybridized carbons (Fsp3) is 0. The summed E-state index contributed by atoms with van der Waals surface area (Å²) < 4.78 is 31.9. The molecule has 92 valence electrons. The molecule has 0 fully saturated rings. The monoisotopic (exact) mass is 274 g/mol. The van der Waals surface area contributed by atoms with Crippen LogP contribution in [-0.2, 0) is 21.2 Å². The maximum absolute atomic E-state index is 8.82. The van der Waals surface area contributed by atoms with E-state index in [-0.39, 0.29) is 0 Å². The molecule has 0 spiro atoms. The van der Waals surface area contributed by atoms with Gasteiger partial charge in [-0.1, -0.05) is 72.8 Å². The topological polar surface area (TPSA) is 74.6 Å². The van der Waals surface area contributed by atoms with Gasteiger partial charge in [0.25, 0.3) is 0 Å². The van der Waals surface area contributed by atoms with Crippen molar-refractivity contribution in [2.75, 3.05) is 0 Å². The molecule has 0 aliphatic heterocycles. The van der Waals surface area contributed by atoms with Gasteiger partial charge in [0.05, 0.1) is 0 Å². The second kappa shape index (κ2) is 9.70. The number of benzene rings is 2. The average Bonchev–Trinajstić information content (AvgIpc) is 2.32. The molecule has 0 amide bonds. The van der Waals surface area contributed by atoms with E-state index in [0.717, 1.165) is 0 Å². The van der Waals surface area contributed by atoms with Gasteiger partial charge in [-0.05, 0) is 0 Å². The predicted molar refractivity (Wildman–Crippen MR) is 58.7 cm³/mol. The zero-order chi connectivity index (χ0) is 13.0. The summed E-state index contributed by atoms with van der Waals surface area (Å²) in [7, 11) is 0. The predicted octanol–water partition coefficient (Wildman–Crippen LogP) is 2.02. The third-order valence-corrected chi connectivity index (χ3v) is 1.33. The first kappa shape index (κ1) is 15.5. The summed E-state index contributed by atoms with van der Waals surface area (Å²) in [6.45, 7) is 0. The Morgan fingerprint density at radius 3 is 0.588 bits per heavy atom. The van der Waals surface area contributed by atoms with Crippen LogP contribution in [0.15, 0.2) is 72.8 Å². The first-order valence-electron chi connectivity index (χ1n) is 4.70. The standard InChI is InChI=1S/2C6H6.Cr.2H2O.2O/c2*1-2-4-6-5-3-1;;;;;/h2*1-6H;;2*1H2;;/q;;+2;;;;/p-2. The Kier molecular flexibility index (Phi) is 8.84. The van der Waals surface area contributed by atoms with Crippen molar-refractivity contribution in [3.05, 3.63) is 72.8 Å². The summed E-state index contributed by atoms with van der Waals surface area (Å²) >= 11 is -5.25. The van der Waals surface area contributed by atoms with Gasteiger partial charge in [0.2, 0.25) is 0 Å². The van der Waals surface area contributed by atoms with Crippen LogP contribution in [0.2, 0.25) is 0 Å². The Morgan fingerprint density at radius 2 is 0.529 bits per heavy atom. The van der Waals surface area contributed by atoms with Crippen LogP contribution < -0.4 is 0 Å². The van der Waals surface area contributed by atoms with E-state index in [0.29, 0.717) is 0 Å². The Morgan fingerprint density at radius 1 is 0.471 bits per heavy atom. The molecule has 0 bridgehead atoms. The normalized spacial score (nSPS) is 9.06. The summed E-state index contributed by atoms with van der Waals surface area (Å²) in [5.74, 6) is 0. The Labute approximate surface area is 103 Å². The molecule has 0 radical (unpaired) electrons. The average molecular weight is 274 g/mol. The van der Waals surface area contributed by atoms with Gasteiger partial charge in [-0.3, -0.25) is 0 Å². The molecule has 17 heavy (non-hydrogen) atoms. The largest absolute Gasteiger partial charge is 0.0623 e. The Balaban J connectivity index is 0.000000228. The van der Waals surface area contributed by atoms with Gasteiger partial charge in [0.1, 0.15) is 0 Å². The maximum Gasteiger partial charge on any atom is -0.0623 e. The molecule has 2 N–H and O–H groups in total. The van der Waals surface area contributed by atoms with Crippen molar-refractivity contribution >= 4 is 0 Å². The van der Waals surface area contributed by atoms with Crippen molar-refractivity contribution in [3.63, 3.8) is 0 Å². The minimum absolute atomic E-state index is 2.00. The van der Waals surface area contributed by atoms with Crippen LogP contribution in [0.3, 0.4) is 0 Å². The van der Waals surface area contributed by atoms with Crippen molar-refractivity contribution in [1.29, 1.82) is 0 Å². The van der Waals surface area contributed by atoms with Gasteiger partial charge >= 0.3 is 29.5 Å². The molecule has 2 aromatic carbocycles. The summed E-state index contributed by atoms with van der Waals surface area (Å²) in [6.07, 6.45) is 0. The molecule has 2 rings (SSSR count). The van der Waals surface area contributed by atoms with Gasteiger partial charge < -0.3 is 0 Å². The quantitative estimate of drug-likeness (QED) is 0.770. The summed E-state index contributed by atoms with van der Waals surface area (Å²) in [6, 6.07) is 24.0. The van der Waals surface area contributed by atoms with Crippen LogP contribution in [0.5, 0.6) is 0 Å². The molecule has 0 saturated carbocycles. The molecular formula is C12H14CrO4. The molecule has 4 nitrogen and oxygen atoms in total. The van der Waals surface area contributed by atoms with E-state index in [1.54, 1.807) is 0 Å². The van der Waals surface area contributed by atoms with Gasteiger partial charge in [-0.25, -0.2) is 0 Å². The van der Waals surface area contributed by atoms with Gasteiger partial charge in [0, 0.05) is 0 Å². The van der Waals surface area contributed by atoms with Crippen molar-refractivity contribution in [3.8, 4) is 0 Å². The van der Waals surface area contributed by atoms with Crippen LogP contribution in [0.4, 0.5) is 0 Å². The molecular weight excluding hydrogens is 260 g/mol. The van der Waals surface area contributed by atoms with E-state index in [1.165, 1.54) is 0 Å².